The van der Waals surface area contributed by atoms with Gasteiger partial charge in [0, 0.05) is 6.54 Å². The molecule has 5 heteroatoms. The van der Waals surface area contributed by atoms with Gasteiger partial charge in [0.05, 0.1) is 16.3 Å². The Morgan fingerprint density at radius 3 is 2.84 bits per heavy atom. The summed E-state index contributed by atoms with van der Waals surface area (Å²) in [6.07, 6.45) is 3.55. The van der Waals surface area contributed by atoms with Crippen molar-refractivity contribution < 1.29 is 9.13 Å². The maximum absolute atomic E-state index is 13.7. The van der Waals surface area contributed by atoms with E-state index in [1.165, 1.54) is 28.6 Å². The summed E-state index contributed by atoms with van der Waals surface area (Å²) in [6, 6.07) is 15.2. The van der Waals surface area contributed by atoms with Crippen molar-refractivity contribution in [2.75, 3.05) is 19.7 Å². The molecule has 0 N–H and O–H groups in total. The largest absolute Gasteiger partial charge is 0.489 e. The first kappa shape index (κ1) is 16.5. The van der Waals surface area contributed by atoms with Crippen LogP contribution in [0.4, 0.5) is 4.39 Å². The summed E-state index contributed by atoms with van der Waals surface area (Å²) in [4.78, 5) is 7.28. The van der Waals surface area contributed by atoms with Gasteiger partial charge in [-0.2, -0.15) is 0 Å². The zero-order valence-electron chi connectivity index (χ0n) is 14.0. The van der Waals surface area contributed by atoms with Crippen LogP contribution in [0.3, 0.4) is 0 Å². The molecule has 0 spiro atoms. The third-order valence-corrected chi connectivity index (χ3v) is 5.82. The fourth-order valence-electron chi connectivity index (χ4n) is 3.41. The average molecular weight is 356 g/mol. The lowest BCUT2D eigenvalue weighted by Crippen LogP contribution is -2.36. The fourth-order valence-corrected chi connectivity index (χ4v) is 4.54. The van der Waals surface area contributed by atoms with Gasteiger partial charge in [-0.15, -0.1) is 11.3 Å². The molecule has 3 nitrogen and oxygen atoms in total. The molecular formula is C20H21FN2OS. The summed E-state index contributed by atoms with van der Waals surface area (Å²) in [6.45, 7) is 2.32. The van der Waals surface area contributed by atoms with E-state index in [-0.39, 0.29) is 5.82 Å². The minimum Gasteiger partial charge on any atom is -0.489 e. The minimum absolute atomic E-state index is 0.302. The van der Waals surface area contributed by atoms with Crippen LogP contribution < -0.4 is 4.74 Å². The number of nitrogens with zero attached hydrogens (tertiary/aromatic N) is 2. The number of benzene rings is 2. The van der Waals surface area contributed by atoms with Crippen molar-refractivity contribution in [2.24, 2.45) is 0 Å². The molecule has 130 valence electrons. The van der Waals surface area contributed by atoms with Crippen LogP contribution >= 0.6 is 11.3 Å². The number of hydrogen-bond acceptors (Lipinski definition) is 4. The van der Waals surface area contributed by atoms with Gasteiger partial charge in [-0.05, 0) is 43.7 Å². The molecule has 0 aliphatic carbocycles. The monoisotopic (exact) mass is 356 g/mol. The van der Waals surface area contributed by atoms with E-state index in [4.69, 9.17) is 9.72 Å². The second kappa shape index (κ2) is 7.50. The van der Waals surface area contributed by atoms with Gasteiger partial charge in [-0.3, -0.25) is 4.90 Å². The van der Waals surface area contributed by atoms with Crippen molar-refractivity contribution in [3.63, 3.8) is 0 Å². The predicted octanol–water partition coefficient (Wildman–Crippen LogP) is 5.04. The van der Waals surface area contributed by atoms with Crippen molar-refractivity contribution in [2.45, 2.75) is 25.3 Å². The fraction of sp³-hybridized carbons (Fsp3) is 0.350. The molecule has 2 heterocycles. The lowest BCUT2D eigenvalue weighted by Gasteiger charge is -2.34. The summed E-state index contributed by atoms with van der Waals surface area (Å²) >= 11 is 1.79. The molecule has 1 aliphatic heterocycles. The van der Waals surface area contributed by atoms with Crippen LogP contribution in [0, 0.1) is 5.82 Å². The van der Waals surface area contributed by atoms with Gasteiger partial charge in [0.1, 0.15) is 11.6 Å². The quantitative estimate of drug-likeness (QED) is 0.640. The Hall–Kier alpha value is -1.98. The maximum Gasteiger partial charge on any atom is 0.165 e. The Morgan fingerprint density at radius 1 is 1.12 bits per heavy atom. The number of likely N-dealkylation sites (tertiary alicyclic amines) is 1. The average Bonchev–Trinajstić information content (AvgIpc) is 3.08. The first-order valence-corrected chi connectivity index (χ1v) is 9.60. The molecule has 0 saturated carbocycles. The first-order chi connectivity index (χ1) is 12.3. The molecule has 1 saturated heterocycles. The van der Waals surface area contributed by atoms with Gasteiger partial charge in [0.25, 0.3) is 0 Å². The van der Waals surface area contributed by atoms with Crippen LogP contribution in [0.1, 0.15) is 30.3 Å². The van der Waals surface area contributed by atoms with Crippen molar-refractivity contribution in [1.82, 2.24) is 9.88 Å². The van der Waals surface area contributed by atoms with Gasteiger partial charge in [0.15, 0.2) is 11.6 Å². The number of halogens is 1. The van der Waals surface area contributed by atoms with E-state index >= 15 is 0 Å². The van der Waals surface area contributed by atoms with E-state index in [9.17, 15) is 4.39 Å². The van der Waals surface area contributed by atoms with Crippen LogP contribution in [0.15, 0.2) is 48.5 Å². The van der Waals surface area contributed by atoms with Crippen LogP contribution in [0.25, 0.3) is 10.2 Å². The SMILES string of the molecule is Fc1ccccc1OCCN1CCCC[C@@H]1c1nc2ccccc2s1. The summed E-state index contributed by atoms with van der Waals surface area (Å²) < 4.78 is 20.6. The molecule has 2 aromatic carbocycles. The van der Waals surface area contributed by atoms with Crippen molar-refractivity contribution in [1.29, 1.82) is 0 Å². The molecule has 1 fully saturated rings. The number of hydrogen-bond donors (Lipinski definition) is 0. The Labute approximate surface area is 151 Å². The van der Waals surface area contributed by atoms with Gasteiger partial charge in [-0.1, -0.05) is 30.7 Å². The molecule has 1 atom stereocenters. The summed E-state index contributed by atoms with van der Waals surface area (Å²) in [5.74, 6) is 0.0277. The molecular weight excluding hydrogens is 335 g/mol. The zero-order valence-corrected chi connectivity index (χ0v) is 14.8. The Morgan fingerprint density at radius 2 is 1.96 bits per heavy atom. The van der Waals surface area contributed by atoms with E-state index in [0.717, 1.165) is 25.0 Å². The van der Waals surface area contributed by atoms with E-state index in [2.05, 4.69) is 23.1 Å². The van der Waals surface area contributed by atoms with E-state index < -0.39 is 0 Å². The minimum atomic E-state index is -0.302. The third kappa shape index (κ3) is 3.67. The van der Waals surface area contributed by atoms with Crippen LogP contribution in [-0.2, 0) is 0 Å². The molecule has 1 aromatic heterocycles. The Kier molecular flexibility index (Phi) is 4.95. The van der Waals surface area contributed by atoms with Gasteiger partial charge < -0.3 is 4.74 Å². The molecule has 1 aliphatic rings. The second-order valence-electron chi connectivity index (χ2n) is 6.35. The molecule has 4 rings (SSSR count). The van der Waals surface area contributed by atoms with Gasteiger partial charge >= 0.3 is 0 Å². The highest BCUT2D eigenvalue weighted by Crippen LogP contribution is 2.35. The number of rotatable bonds is 5. The smallest absolute Gasteiger partial charge is 0.165 e. The number of aromatic nitrogens is 1. The van der Waals surface area contributed by atoms with E-state index in [0.29, 0.717) is 18.4 Å². The number of ether oxygens (including phenoxy) is 1. The number of fused-ring (bicyclic) bond motifs is 1. The van der Waals surface area contributed by atoms with E-state index in [1.54, 1.807) is 29.5 Å². The van der Waals surface area contributed by atoms with E-state index in [1.807, 2.05) is 6.07 Å². The third-order valence-electron chi connectivity index (χ3n) is 4.68. The highest BCUT2D eigenvalue weighted by Gasteiger charge is 2.26. The lowest BCUT2D eigenvalue weighted by molar-refractivity contribution is 0.122. The summed E-state index contributed by atoms with van der Waals surface area (Å²) in [7, 11) is 0. The second-order valence-corrected chi connectivity index (χ2v) is 7.41. The highest BCUT2D eigenvalue weighted by atomic mass is 32.1. The lowest BCUT2D eigenvalue weighted by atomic mass is 10.0. The van der Waals surface area contributed by atoms with Crippen LogP contribution in [-0.4, -0.2) is 29.6 Å². The molecule has 0 amide bonds. The molecule has 3 aromatic rings. The Balaban J connectivity index is 1.45. The summed E-state index contributed by atoms with van der Waals surface area (Å²) in [5, 5.41) is 1.19. The number of piperidine rings is 1. The van der Waals surface area contributed by atoms with Crippen LogP contribution in [0.5, 0.6) is 5.75 Å². The molecule has 0 radical (unpaired) electrons. The normalized spacial score (nSPS) is 18.5. The number of thiazole rings is 1. The first-order valence-electron chi connectivity index (χ1n) is 8.78. The van der Waals surface area contributed by atoms with Crippen molar-refractivity contribution >= 4 is 21.6 Å². The zero-order chi connectivity index (χ0) is 17.1. The Bertz CT molecular complexity index is 817. The maximum atomic E-state index is 13.7. The molecule has 0 bridgehead atoms. The van der Waals surface area contributed by atoms with Gasteiger partial charge in [0.2, 0.25) is 0 Å². The standard InChI is InChI=1S/C20H21FN2OS/c21-15-7-1-3-10-18(15)24-14-13-23-12-6-5-9-17(23)20-22-16-8-2-4-11-19(16)25-20/h1-4,7-8,10-11,17H,5-6,9,12-14H2/t17-/m1/s1. The topological polar surface area (TPSA) is 25.4 Å². The summed E-state index contributed by atoms with van der Waals surface area (Å²) in [5.41, 5.74) is 1.08. The van der Waals surface area contributed by atoms with Crippen molar-refractivity contribution in [3.8, 4) is 5.75 Å². The van der Waals surface area contributed by atoms with Crippen molar-refractivity contribution in [3.05, 3.63) is 59.4 Å². The molecule has 0 unspecified atom stereocenters. The predicted molar refractivity (Wildman–Crippen MR) is 99.7 cm³/mol. The highest BCUT2D eigenvalue weighted by molar-refractivity contribution is 7.18. The number of para-hydroxylation sites is 2. The van der Waals surface area contributed by atoms with Crippen LogP contribution in [0.2, 0.25) is 0 Å². The van der Waals surface area contributed by atoms with Gasteiger partial charge in [-0.25, -0.2) is 9.37 Å². The molecule has 25 heavy (non-hydrogen) atoms.